The molecular weight excluding hydrogens is 302 g/mol. The Hall–Kier alpha value is -2.38. The summed E-state index contributed by atoms with van der Waals surface area (Å²) in [5.41, 5.74) is 4.54. The van der Waals surface area contributed by atoms with Gasteiger partial charge in [-0.3, -0.25) is 4.99 Å². The van der Waals surface area contributed by atoms with Crippen molar-refractivity contribution in [1.29, 1.82) is 0 Å². The molecule has 23 heavy (non-hydrogen) atoms. The molecule has 0 fully saturated rings. The second-order valence-electron chi connectivity index (χ2n) is 5.47. The maximum Gasteiger partial charge on any atom is 0.0735 e. The van der Waals surface area contributed by atoms with Crippen LogP contribution in [0.4, 0.5) is 0 Å². The molecular formula is C21H18ClN. The number of nitrogens with zero attached hydrogens (tertiary/aromatic N) is 1. The molecule has 0 amide bonds. The molecule has 0 saturated heterocycles. The van der Waals surface area contributed by atoms with Crippen LogP contribution in [0.15, 0.2) is 83.9 Å². The van der Waals surface area contributed by atoms with Crippen LogP contribution in [0.25, 0.3) is 11.1 Å². The third kappa shape index (κ3) is 3.88. The molecule has 0 aliphatic heterocycles. The van der Waals surface area contributed by atoms with E-state index in [1.165, 1.54) is 11.1 Å². The van der Waals surface area contributed by atoms with Crippen LogP contribution in [0, 0.1) is 0 Å². The Kier molecular flexibility index (Phi) is 4.89. The molecule has 1 nitrogen and oxygen atoms in total. The summed E-state index contributed by atoms with van der Waals surface area (Å²) < 4.78 is 0. The van der Waals surface area contributed by atoms with Crippen molar-refractivity contribution in [2.75, 3.05) is 0 Å². The van der Waals surface area contributed by atoms with E-state index in [9.17, 15) is 0 Å². The molecule has 3 aromatic rings. The van der Waals surface area contributed by atoms with Crippen molar-refractivity contribution in [3.05, 3.63) is 95.0 Å². The zero-order valence-electron chi connectivity index (χ0n) is 13.0. The number of rotatable bonds is 4. The Morgan fingerprint density at radius 1 is 0.826 bits per heavy atom. The minimum absolute atomic E-state index is 0.0316. The van der Waals surface area contributed by atoms with Crippen molar-refractivity contribution < 1.29 is 0 Å². The van der Waals surface area contributed by atoms with Crippen LogP contribution in [0.1, 0.15) is 24.1 Å². The number of benzene rings is 3. The van der Waals surface area contributed by atoms with E-state index in [-0.39, 0.29) is 6.04 Å². The summed E-state index contributed by atoms with van der Waals surface area (Å²) in [7, 11) is 0. The molecule has 114 valence electrons. The molecule has 3 rings (SSSR count). The van der Waals surface area contributed by atoms with Gasteiger partial charge >= 0.3 is 0 Å². The maximum atomic E-state index is 6.23. The standard InChI is InChI=1S/C21H18ClN/c1-16(20-12-5-6-13-21(20)22)23-15-17-8-7-11-19(14-17)18-9-3-2-4-10-18/h2-16H,1H3/b23-15+. The van der Waals surface area contributed by atoms with Gasteiger partial charge in [0, 0.05) is 11.2 Å². The number of hydrogen-bond acceptors (Lipinski definition) is 1. The summed E-state index contributed by atoms with van der Waals surface area (Å²) >= 11 is 6.23. The second kappa shape index (κ2) is 7.26. The molecule has 0 saturated carbocycles. The first-order chi connectivity index (χ1) is 11.2. The van der Waals surface area contributed by atoms with Gasteiger partial charge in [0.1, 0.15) is 0 Å². The average molecular weight is 320 g/mol. The lowest BCUT2D eigenvalue weighted by Crippen LogP contribution is -1.92. The summed E-state index contributed by atoms with van der Waals surface area (Å²) in [5.74, 6) is 0. The number of halogens is 1. The first-order valence-electron chi connectivity index (χ1n) is 7.67. The fourth-order valence-corrected chi connectivity index (χ4v) is 2.81. The molecule has 1 unspecified atom stereocenters. The van der Waals surface area contributed by atoms with Crippen molar-refractivity contribution in [3.63, 3.8) is 0 Å². The second-order valence-corrected chi connectivity index (χ2v) is 5.87. The highest BCUT2D eigenvalue weighted by Crippen LogP contribution is 2.25. The van der Waals surface area contributed by atoms with Gasteiger partial charge in [-0.15, -0.1) is 0 Å². The van der Waals surface area contributed by atoms with Gasteiger partial charge in [-0.1, -0.05) is 78.3 Å². The molecule has 0 heterocycles. The molecule has 0 aliphatic carbocycles. The van der Waals surface area contributed by atoms with Crippen molar-refractivity contribution in [3.8, 4) is 11.1 Å². The van der Waals surface area contributed by atoms with Crippen LogP contribution in [-0.4, -0.2) is 6.21 Å². The van der Waals surface area contributed by atoms with E-state index in [2.05, 4.69) is 60.4 Å². The van der Waals surface area contributed by atoms with Gasteiger partial charge in [0.25, 0.3) is 0 Å². The smallest absolute Gasteiger partial charge is 0.0735 e. The summed E-state index contributed by atoms with van der Waals surface area (Å²) in [4.78, 5) is 4.65. The molecule has 0 radical (unpaired) electrons. The maximum absolute atomic E-state index is 6.23. The fourth-order valence-electron chi connectivity index (χ4n) is 2.52. The van der Waals surface area contributed by atoms with Gasteiger partial charge in [-0.2, -0.15) is 0 Å². The Balaban J connectivity index is 1.82. The summed E-state index contributed by atoms with van der Waals surface area (Å²) in [6.07, 6.45) is 1.92. The minimum Gasteiger partial charge on any atom is -0.285 e. The average Bonchev–Trinajstić information content (AvgIpc) is 2.61. The third-order valence-electron chi connectivity index (χ3n) is 3.80. The molecule has 0 N–H and O–H groups in total. The summed E-state index contributed by atoms with van der Waals surface area (Å²) in [6, 6.07) is 26.6. The zero-order chi connectivity index (χ0) is 16.1. The van der Waals surface area contributed by atoms with Crippen molar-refractivity contribution in [2.45, 2.75) is 13.0 Å². The van der Waals surface area contributed by atoms with Crippen LogP contribution in [0.2, 0.25) is 5.02 Å². The van der Waals surface area contributed by atoms with E-state index >= 15 is 0 Å². The van der Waals surface area contributed by atoms with Crippen molar-refractivity contribution >= 4 is 17.8 Å². The number of aliphatic imine (C=N–C) groups is 1. The highest BCUT2D eigenvalue weighted by molar-refractivity contribution is 6.31. The SMILES string of the molecule is CC(/N=C/c1cccc(-c2ccccc2)c1)c1ccccc1Cl. The molecule has 0 spiro atoms. The predicted octanol–water partition coefficient (Wildman–Crippen LogP) is 6.19. The van der Waals surface area contributed by atoms with Gasteiger partial charge in [0.05, 0.1) is 6.04 Å². The molecule has 3 aromatic carbocycles. The van der Waals surface area contributed by atoms with E-state index < -0.39 is 0 Å². The van der Waals surface area contributed by atoms with E-state index in [0.29, 0.717) is 0 Å². The molecule has 2 heteroatoms. The van der Waals surface area contributed by atoms with E-state index in [4.69, 9.17) is 11.6 Å². The largest absolute Gasteiger partial charge is 0.285 e. The Bertz CT molecular complexity index is 809. The van der Waals surface area contributed by atoms with E-state index in [0.717, 1.165) is 16.1 Å². The first-order valence-corrected chi connectivity index (χ1v) is 8.05. The van der Waals surface area contributed by atoms with Gasteiger partial charge in [0.15, 0.2) is 0 Å². The van der Waals surface area contributed by atoms with Gasteiger partial charge in [-0.25, -0.2) is 0 Å². The van der Waals surface area contributed by atoms with Crippen LogP contribution < -0.4 is 0 Å². The fraction of sp³-hybridized carbons (Fsp3) is 0.0952. The van der Waals surface area contributed by atoms with Crippen LogP contribution in [0.3, 0.4) is 0 Å². The highest BCUT2D eigenvalue weighted by atomic mass is 35.5. The molecule has 1 atom stereocenters. The summed E-state index contributed by atoms with van der Waals surface area (Å²) in [6.45, 7) is 2.05. The first kappa shape index (κ1) is 15.5. The van der Waals surface area contributed by atoms with Gasteiger partial charge < -0.3 is 0 Å². The summed E-state index contributed by atoms with van der Waals surface area (Å²) in [5, 5.41) is 0.759. The van der Waals surface area contributed by atoms with Gasteiger partial charge in [0.2, 0.25) is 0 Å². The lowest BCUT2D eigenvalue weighted by Gasteiger charge is -2.08. The molecule has 0 aromatic heterocycles. The Labute approximate surface area is 142 Å². The quantitative estimate of drug-likeness (QED) is 0.509. The zero-order valence-corrected chi connectivity index (χ0v) is 13.7. The van der Waals surface area contributed by atoms with Crippen molar-refractivity contribution in [2.24, 2.45) is 4.99 Å². The van der Waals surface area contributed by atoms with Crippen molar-refractivity contribution in [1.82, 2.24) is 0 Å². The Morgan fingerprint density at radius 3 is 2.30 bits per heavy atom. The lowest BCUT2D eigenvalue weighted by atomic mass is 10.0. The third-order valence-corrected chi connectivity index (χ3v) is 4.14. The topological polar surface area (TPSA) is 12.4 Å². The van der Waals surface area contributed by atoms with E-state index in [1.807, 2.05) is 36.5 Å². The van der Waals surface area contributed by atoms with Crippen LogP contribution in [0.5, 0.6) is 0 Å². The Morgan fingerprint density at radius 2 is 1.52 bits per heavy atom. The molecule has 0 bridgehead atoms. The normalized spacial score (nSPS) is 12.4. The molecule has 0 aliphatic rings. The number of hydrogen-bond donors (Lipinski definition) is 0. The van der Waals surface area contributed by atoms with Crippen LogP contribution >= 0.6 is 11.6 Å². The van der Waals surface area contributed by atoms with Crippen LogP contribution in [-0.2, 0) is 0 Å². The van der Waals surface area contributed by atoms with Gasteiger partial charge in [-0.05, 0) is 41.3 Å². The highest BCUT2D eigenvalue weighted by Gasteiger charge is 2.06. The minimum atomic E-state index is 0.0316. The predicted molar refractivity (Wildman–Crippen MR) is 99.3 cm³/mol. The monoisotopic (exact) mass is 319 g/mol. The van der Waals surface area contributed by atoms with E-state index in [1.54, 1.807) is 0 Å². The lowest BCUT2D eigenvalue weighted by molar-refractivity contribution is 0.825.